The van der Waals surface area contributed by atoms with Gasteiger partial charge in [-0.2, -0.15) is 0 Å². The summed E-state index contributed by atoms with van der Waals surface area (Å²) in [4.78, 5) is 0. The highest BCUT2D eigenvalue weighted by Gasteiger charge is 2.25. The minimum atomic E-state index is 0.834. The van der Waals surface area contributed by atoms with Crippen LogP contribution in [-0.2, 0) is 0 Å². The summed E-state index contributed by atoms with van der Waals surface area (Å²) in [7, 11) is 0. The van der Waals surface area contributed by atoms with Crippen molar-refractivity contribution in [3.63, 3.8) is 0 Å². The van der Waals surface area contributed by atoms with E-state index >= 15 is 0 Å². The monoisotopic (exact) mass is 752 g/mol. The molecule has 3 heteroatoms. The summed E-state index contributed by atoms with van der Waals surface area (Å²) in [6, 6.07) is 68.9. The molecular weight excluding hydrogens is 721 g/mol. The molecule has 0 N–H and O–H groups in total. The van der Waals surface area contributed by atoms with E-state index in [9.17, 15) is 0 Å². The number of para-hydroxylation sites is 3. The Bertz CT molecular complexity index is 3780. The second-order valence-corrected chi connectivity index (χ2v) is 15.4. The molecule has 274 valence electrons. The van der Waals surface area contributed by atoms with Gasteiger partial charge in [0.15, 0.2) is 0 Å². The summed E-state index contributed by atoms with van der Waals surface area (Å²) in [5.41, 5.74) is 14.1. The molecule has 0 atom stereocenters. The van der Waals surface area contributed by atoms with Crippen LogP contribution < -0.4 is 0 Å². The molecule has 13 rings (SSSR count). The lowest BCUT2D eigenvalue weighted by molar-refractivity contribution is 0.668. The van der Waals surface area contributed by atoms with Crippen LogP contribution in [0.25, 0.3) is 132 Å². The van der Waals surface area contributed by atoms with Crippen LogP contribution in [0.5, 0.6) is 0 Å². The Labute approximate surface area is 337 Å². The van der Waals surface area contributed by atoms with Crippen LogP contribution in [0.15, 0.2) is 207 Å². The molecule has 0 saturated heterocycles. The van der Waals surface area contributed by atoms with Crippen molar-refractivity contribution in [3.8, 4) is 44.5 Å². The molecule has 0 unspecified atom stereocenters. The smallest absolute Gasteiger partial charge is 0.143 e. The Morgan fingerprint density at radius 1 is 0.237 bits per heavy atom. The first-order valence-corrected chi connectivity index (χ1v) is 20.1. The van der Waals surface area contributed by atoms with E-state index in [-0.39, 0.29) is 0 Å². The average Bonchev–Trinajstić information content (AvgIpc) is 4.00. The van der Waals surface area contributed by atoms with Crippen molar-refractivity contribution in [1.29, 1.82) is 0 Å². The number of fused-ring (bicyclic) bond motifs is 11. The zero-order chi connectivity index (χ0) is 38.6. The quantitative estimate of drug-likeness (QED) is 0.168. The third kappa shape index (κ3) is 4.64. The molecule has 3 heterocycles. The summed E-state index contributed by atoms with van der Waals surface area (Å²) in [6.07, 6.45) is 0. The molecule has 59 heavy (non-hydrogen) atoms. The first-order chi connectivity index (χ1) is 29.3. The SMILES string of the molecule is c1ccc(-c2c3ccccc3c(-c3ccc(-c4ccc(-c5ccc6c(c5)oc5ccccc56)c5oc6ccccc6c45)c4oc5ccccc5c34)c3ccccc23)cc1. The highest BCUT2D eigenvalue weighted by molar-refractivity contribution is 6.28. The maximum absolute atomic E-state index is 7.00. The van der Waals surface area contributed by atoms with Crippen molar-refractivity contribution in [2.24, 2.45) is 0 Å². The van der Waals surface area contributed by atoms with Crippen LogP contribution in [0.3, 0.4) is 0 Å². The summed E-state index contributed by atoms with van der Waals surface area (Å²) in [6.45, 7) is 0. The van der Waals surface area contributed by atoms with Crippen molar-refractivity contribution in [2.75, 3.05) is 0 Å². The van der Waals surface area contributed by atoms with Gasteiger partial charge in [0.1, 0.15) is 33.5 Å². The van der Waals surface area contributed by atoms with Gasteiger partial charge in [0, 0.05) is 43.4 Å². The zero-order valence-corrected chi connectivity index (χ0v) is 31.7. The van der Waals surface area contributed by atoms with Crippen LogP contribution in [0.4, 0.5) is 0 Å². The Hall–Kier alpha value is -7.88. The topological polar surface area (TPSA) is 39.4 Å². The van der Waals surface area contributed by atoms with Gasteiger partial charge < -0.3 is 13.3 Å². The predicted molar refractivity (Wildman–Crippen MR) is 245 cm³/mol. The van der Waals surface area contributed by atoms with Crippen LogP contribution in [0.1, 0.15) is 0 Å². The molecule has 13 aromatic rings. The lowest BCUT2D eigenvalue weighted by Gasteiger charge is -2.19. The number of furan rings is 3. The average molecular weight is 753 g/mol. The highest BCUT2D eigenvalue weighted by Crippen LogP contribution is 2.50. The minimum absolute atomic E-state index is 0.834. The van der Waals surface area contributed by atoms with Crippen LogP contribution in [0.2, 0.25) is 0 Å². The molecular formula is C56H32O3. The molecule has 0 saturated carbocycles. The van der Waals surface area contributed by atoms with Gasteiger partial charge in [-0.1, -0.05) is 152 Å². The lowest BCUT2D eigenvalue weighted by atomic mass is 9.84. The molecule has 3 aromatic heterocycles. The van der Waals surface area contributed by atoms with Crippen molar-refractivity contribution < 1.29 is 13.3 Å². The summed E-state index contributed by atoms with van der Waals surface area (Å²) in [5.74, 6) is 0. The van der Waals surface area contributed by atoms with Crippen LogP contribution in [-0.4, -0.2) is 0 Å². The van der Waals surface area contributed by atoms with Gasteiger partial charge in [0.2, 0.25) is 0 Å². The van der Waals surface area contributed by atoms with Crippen molar-refractivity contribution in [1.82, 2.24) is 0 Å². The number of rotatable bonds is 4. The van der Waals surface area contributed by atoms with E-state index in [1.807, 2.05) is 18.2 Å². The van der Waals surface area contributed by atoms with Gasteiger partial charge >= 0.3 is 0 Å². The fourth-order valence-electron chi connectivity index (χ4n) is 9.76. The fraction of sp³-hybridized carbons (Fsp3) is 0. The fourth-order valence-corrected chi connectivity index (χ4v) is 9.76. The zero-order valence-electron chi connectivity index (χ0n) is 31.7. The van der Waals surface area contributed by atoms with E-state index < -0.39 is 0 Å². The third-order valence-corrected chi connectivity index (χ3v) is 12.3. The second-order valence-electron chi connectivity index (χ2n) is 15.4. The molecule has 0 aliphatic heterocycles. The predicted octanol–water partition coefficient (Wildman–Crippen LogP) is 16.4. The second kappa shape index (κ2) is 12.3. The number of hydrogen-bond donors (Lipinski definition) is 0. The number of benzene rings is 10. The molecule has 3 nitrogen and oxygen atoms in total. The molecule has 10 aromatic carbocycles. The maximum Gasteiger partial charge on any atom is 0.143 e. The van der Waals surface area contributed by atoms with E-state index in [4.69, 9.17) is 13.3 Å². The van der Waals surface area contributed by atoms with Crippen molar-refractivity contribution >= 4 is 87.4 Å². The Morgan fingerprint density at radius 2 is 0.678 bits per heavy atom. The molecule has 0 fully saturated rings. The highest BCUT2D eigenvalue weighted by atomic mass is 16.3. The van der Waals surface area contributed by atoms with E-state index in [0.29, 0.717) is 0 Å². The largest absolute Gasteiger partial charge is 0.456 e. The standard InChI is InChI=1S/C56H32O3/c1-2-14-33(15-3-1)51-38-17-4-6-19-40(38)52(41-20-7-5-18-39(41)51)46-31-30-43(56-54(46)45-22-10-13-25-49(45)59-56)42-29-28-35(55-53(42)44-21-9-12-24-48(44)58-55)34-26-27-37-36-16-8-11-23-47(36)57-50(37)32-34/h1-32H. The van der Waals surface area contributed by atoms with Gasteiger partial charge in [0.05, 0.1) is 0 Å². The van der Waals surface area contributed by atoms with E-state index in [1.165, 1.54) is 38.2 Å². The summed E-state index contributed by atoms with van der Waals surface area (Å²) in [5, 5.41) is 11.4. The van der Waals surface area contributed by atoms with Crippen molar-refractivity contribution in [3.05, 3.63) is 194 Å². The lowest BCUT2D eigenvalue weighted by Crippen LogP contribution is -1.92. The molecule has 0 spiro atoms. The molecule has 0 aliphatic rings. The molecule has 0 radical (unpaired) electrons. The number of hydrogen-bond acceptors (Lipinski definition) is 3. The van der Waals surface area contributed by atoms with E-state index in [1.54, 1.807) is 0 Å². The first-order valence-electron chi connectivity index (χ1n) is 20.1. The van der Waals surface area contributed by atoms with Gasteiger partial charge in [-0.3, -0.25) is 0 Å². The van der Waals surface area contributed by atoms with Gasteiger partial charge in [-0.15, -0.1) is 0 Å². The molecule has 0 aliphatic carbocycles. The summed E-state index contributed by atoms with van der Waals surface area (Å²) >= 11 is 0. The minimum Gasteiger partial charge on any atom is -0.456 e. The Kier molecular flexibility index (Phi) is 6.72. The third-order valence-electron chi connectivity index (χ3n) is 12.3. The van der Waals surface area contributed by atoms with Crippen LogP contribution >= 0.6 is 0 Å². The Morgan fingerprint density at radius 3 is 1.32 bits per heavy atom. The first kappa shape index (κ1) is 32.2. The van der Waals surface area contributed by atoms with Gasteiger partial charge in [0.25, 0.3) is 0 Å². The van der Waals surface area contributed by atoms with Gasteiger partial charge in [-0.25, -0.2) is 0 Å². The maximum atomic E-state index is 7.00. The summed E-state index contributed by atoms with van der Waals surface area (Å²) < 4.78 is 20.2. The van der Waals surface area contributed by atoms with Crippen LogP contribution in [0, 0.1) is 0 Å². The van der Waals surface area contributed by atoms with Gasteiger partial charge in [-0.05, 0) is 97.4 Å². The Balaban J connectivity index is 1.10. The van der Waals surface area contributed by atoms with E-state index in [2.05, 4.69) is 176 Å². The molecule has 0 amide bonds. The normalized spacial score (nSPS) is 12.1. The van der Waals surface area contributed by atoms with Crippen molar-refractivity contribution in [2.45, 2.75) is 0 Å². The van der Waals surface area contributed by atoms with E-state index in [0.717, 1.165) is 93.6 Å². The molecule has 0 bridgehead atoms.